The first-order valence-electron chi connectivity index (χ1n) is 22.8. The van der Waals surface area contributed by atoms with E-state index in [-0.39, 0.29) is 34.2 Å². The summed E-state index contributed by atoms with van der Waals surface area (Å²) in [5, 5.41) is 13.7. The fraction of sp³-hybridized carbons (Fsp3) is 0.263. The van der Waals surface area contributed by atoms with Crippen LogP contribution in [0.4, 0.5) is 21.6 Å². The molecule has 23 heteroatoms. The highest BCUT2D eigenvalue weighted by Crippen LogP contribution is 2.24. The molecule has 436 valence electrons. The number of thiocarbonyl (C=S) groups is 1. The van der Waals surface area contributed by atoms with Crippen LogP contribution >= 0.6 is 57.5 Å². The molecule has 1 amide bonds. The highest BCUT2D eigenvalue weighted by Gasteiger charge is 2.13. The summed E-state index contributed by atoms with van der Waals surface area (Å²) >= 11 is 9.40. The number of nitrogens with one attached hydrogen (secondary N) is 4. The quantitative estimate of drug-likeness (QED) is 0.00800. The standard InChI is InChI=1S/C18H18N4O2S.C13H14N2O3S.C9H12N2OS.C8H11NO.C5H8O3.CH3I.3CH4/c1-24-13-8-6-12(7-9-13)10-20-18-21-11-16(25-18)17(23)22-15-5-3-2-4-14(15)19;1-17-10-5-3-9(4-6-10)7-14-13-15-8-11(19-13)12(16)18-2;1-12-8-4-2-7(3-5-8)6-11-9(10)13;1-10-8-4-2-7(6-9)3-5-8;1-7-4-3-5(6)8-2;1-2;;;/h2-9,11H,10,19H2,1H3,(H,20,21)(H,22,23);3-6,8H,7H2,1-2H3,(H,14,15);2-5H,6H2,1H3,(H3,10,11,13);2-5H,6,9H2,1H3;3-4H,1-2H3;1H3;3*1H4/b;;;;4-3+;;;;. The molecule has 0 unspecified atom stereocenters. The van der Waals surface area contributed by atoms with Crippen molar-refractivity contribution < 1.29 is 47.5 Å². The first-order valence-corrected chi connectivity index (χ1v) is 27.0. The average molecular weight is 1270 g/mol. The molecular formula is C57H78IN9O10S3. The molecular weight excluding hydrogens is 1190 g/mol. The van der Waals surface area contributed by atoms with E-state index in [1.165, 1.54) is 62.5 Å². The van der Waals surface area contributed by atoms with Gasteiger partial charge < -0.3 is 71.6 Å². The highest BCUT2D eigenvalue weighted by atomic mass is 127. The second-order valence-electron chi connectivity index (χ2n) is 14.7. The van der Waals surface area contributed by atoms with Gasteiger partial charge in [0.2, 0.25) is 0 Å². The monoisotopic (exact) mass is 1270 g/mol. The Morgan fingerprint density at radius 2 is 0.988 bits per heavy atom. The minimum Gasteiger partial charge on any atom is -0.504 e. The number of nitrogens with two attached hydrogens (primary N) is 3. The zero-order valence-electron chi connectivity index (χ0n) is 44.0. The number of carbonyl (C=O) groups excluding carboxylic acids is 3. The number of ether oxygens (including phenoxy) is 7. The van der Waals surface area contributed by atoms with E-state index in [0.717, 1.165) is 45.3 Å². The summed E-state index contributed by atoms with van der Waals surface area (Å²) in [7, 11) is 10.7. The van der Waals surface area contributed by atoms with E-state index in [0.29, 0.717) is 62.7 Å². The van der Waals surface area contributed by atoms with Gasteiger partial charge in [-0.1, -0.05) is 128 Å². The molecule has 0 aliphatic carbocycles. The molecule has 0 atom stereocenters. The topological polar surface area (TPSA) is 268 Å². The van der Waals surface area contributed by atoms with Gasteiger partial charge in [0, 0.05) is 26.2 Å². The number of carbonyl (C=O) groups is 3. The number of rotatable bonds is 18. The second kappa shape index (κ2) is 44.2. The molecule has 0 saturated carbocycles. The Morgan fingerprint density at radius 3 is 1.36 bits per heavy atom. The molecule has 0 bridgehead atoms. The molecule has 10 N–H and O–H groups in total. The molecule has 2 heterocycles. The van der Waals surface area contributed by atoms with Crippen molar-refractivity contribution in [2.75, 3.05) is 76.4 Å². The van der Waals surface area contributed by atoms with E-state index in [1.807, 2.05) is 114 Å². The number of amides is 1. The third kappa shape index (κ3) is 29.9. The maximum Gasteiger partial charge on any atom is 0.349 e. The van der Waals surface area contributed by atoms with E-state index < -0.39 is 5.97 Å². The lowest BCUT2D eigenvalue weighted by molar-refractivity contribution is -0.134. The van der Waals surface area contributed by atoms with Gasteiger partial charge in [-0.25, -0.2) is 19.6 Å². The minimum atomic E-state index is -0.410. The number of nitrogen functional groups attached to an aromatic ring is 1. The number of alkyl halides is 1. The zero-order chi connectivity index (χ0) is 56.8. The number of hydrogen-bond acceptors (Lipinski definition) is 19. The smallest absolute Gasteiger partial charge is 0.349 e. The molecule has 0 fully saturated rings. The fourth-order valence-corrected chi connectivity index (χ4v) is 7.04. The number of benzene rings is 5. The van der Waals surface area contributed by atoms with E-state index >= 15 is 0 Å². The summed E-state index contributed by atoms with van der Waals surface area (Å²) in [6, 6.07) is 38.1. The molecule has 80 heavy (non-hydrogen) atoms. The van der Waals surface area contributed by atoms with Crippen LogP contribution in [0.3, 0.4) is 0 Å². The van der Waals surface area contributed by atoms with E-state index in [4.69, 9.17) is 36.1 Å². The van der Waals surface area contributed by atoms with Gasteiger partial charge in [-0.05, 0) is 100 Å². The van der Waals surface area contributed by atoms with Crippen LogP contribution in [0.25, 0.3) is 0 Å². The lowest BCUT2D eigenvalue weighted by Crippen LogP contribution is -2.28. The summed E-state index contributed by atoms with van der Waals surface area (Å²) in [5.74, 6) is 2.36. The van der Waals surface area contributed by atoms with Crippen molar-refractivity contribution in [1.29, 1.82) is 0 Å². The lowest BCUT2D eigenvalue weighted by atomic mass is 10.2. The second-order valence-corrected chi connectivity index (χ2v) is 17.2. The number of anilines is 4. The van der Waals surface area contributed by atoms with Gasteiger partial charge in [-0.15, -0.1) is 0 Å². The van der Waals surface area contributed by atoms with Crippen molar-refractivity contribution in [3.63, 3.8) is 0 Å². The Hall–Kier alpha value is -7.71. The Labute approximate surface area is 499 Å². The molecule has 0 aliphatic rings. The number of para-hydroxylation sites is 2. The molecule has 7 rings (SSSR count). The van der Waals surface area contributed by atoms with Crippen LogP contribution in [-0.2, 0) is 45.2 Å². The molecule has 0 saturated heterocycles. The fourth-order valence-electron chi connectivity index (χ4n) is 5.53. The zero-order valence-corrected chi connectivity index (χ0v) is 48.6. The Balaban J connectivity index is 0. The van der Waals surface area contributed by atoms with Crippen molar-refractivity contribution in [3.05, 3.63) is 178 Å². The largest absolute Gasteiger partial charge is 0.504 e. The normalized spacial score (nSPS) is 9.28. The minimum absolute atomic E-state index is 0. The van der Waals surface area contributed by atoms with E-state index in [2.05, 4.69) is 80.3 Å². The Kier molecular flexibility index (Phi) is 41.1. The third-order valence-electron chi connectivity index (χ3n) is 9.60. The molecule has 0 radical (unpaired) electrons. The first-order chi connectivity index (χ1) is 37.3. The van der Waals surface area contributed by atoms with Crippen LogP contribution in [0.15, 0.2) is 146 Å². The Bertz CT molecular complexity index is 2780. The van der Waals surface area contributed by atoms with Gasteiger partial charge in [0.15, 0.2) is 15.4 Å². The summed E-state index contributed by atoms with van der Waals surface area (Å²) in [5.41, 5.74) is 22.1. The van der Waals surface area contributed by atoms with Crippen LogP contribution in [0.2, 0.25) is 0 Å². The average Bonchev–Trinajstić information content (AvgIpc) is 4.18. The summed E-state index contributed by atoms with van der Waals surface area (Å²) in [4.78, 5) is 45.1. The molecule has 7 aromatic rings. The molecule has 19 nitrogen and oxygen atoms in total. The molecule has 0 spiro atoms. The predicted molar refractivity (Wildman–Crippen MR) is 341 cm³/mol. The van der Waals surface area contributed by atoms with Gasteiger partial charge >= 0.3 is 11.9 Å². The van der Waals surface area contributed by atoms with Gasteiger partial charge in [0.1, 0.15) is 32.8 Å². The van der Waals surface area contributed by atoms with Crippen LogP contribution < -0.4 is 57.4 Å². The summed E-state index contributed by atoms with van der Waals surface area (Å²) in [6.07, 6.45) is 5.51. The number of thiazole rings is 2. The van der Waals surface area contributed by atoms with Crippen molar-refractivity contribution in [2.24, 2.45) is 11.5 Å². The predicted octanol–water partition coefficient (Wildman–Crippen LogP) is 11.6. The lowest BCUT2D eigenvalue weighted by Gasteiger charge is -2.06. The van der Waals surface area contributed by atoms with Crippen LogP contribution in [0.5, 0.6) is 23.0 Å². The number of hydrogen-bond donors (Lipinski definition) is 7. The number of nitrogens with zero attached hydrogens (tertiary/aromatic N) is 2. The van der Waals surface area contributed by atoms with Gasteiger partial charge in [-0.2, -0.15) is 0 Å². The van der Waals surface area contributed by atoms with Crippen LogP contribution in [0.1, 0.15) is 63.9 Å². The number of methoxy groups -OCH3 is 7. The molecule has 5 aromatic carbocycles. The molecule has 0 aliphatic heterocycles. The number of halogens is 1. The Morgan fingerprint density at radius 1 is 0.588 bits per heavy atom. The maximum absolute atomic E-state index is 12.3. The highest BCUT2D eigenvalue weighted by molar-refractivity contribution is 14.1. The summed E-state index contributed by atoms with van der Waals surface area (Å²) in [6.45, 7) is 2.49. The van der Waals surface area contributed by atoms with Gasteiger partial charge in [-0.3, -0.25) is 4.79 Å². The SMILES string of the molecule is C.C.C.CI.CO/C=C/C(=O)OC.COC(=O)c1cnc(NCc2ccc(OC)cc2)s1.COc1ccc(CN)cc1.COc1ccc(CNC(N)=S)cc1.COc1ccc(CNc2ncc(C(=O)Nc3ccccc3N)s2)cc1. The third-order valence-corrected chi connectivity index (χ3v) is 11.6. The van der Waals surface area contributed by atoms with E-state index in [9.17, 15) is 14.4 Å². The van der Waals surface area contributed by atoms with Crippen molar-refractivity contribution in [3.8, 4) is 23.0 Å². The molecule has 2 aromatic heterocycles. The first kappa shape index (κ1) is 74.4. The summed E-state index contributed by atoms with van der Waals surface area (Å²) < 4.78 is 33.5. The number of aromatic nitrogens is 2. The van der Waals surface area contributed by atoms with E-state index in [1.54, 1.807) is 46.8 Å². The van der Waals surface area contributed by atoms with Crippen LogP contribution in [0, 0.1) is 0 Å². The van der Waals surface area contributed by atoms with Crippen molar-refractivity contribution in [1.82, 2.24) is 15.3 Å². The van der Waals surface area contributed by atoms with Crippen molar-refractivity contribution in [2.45, 2.75) is 48.5 Å². The van der Waals surface area contributed by atoms with Gasteiger partial charge in [0.05, 0.1) is 85.9 Å². The number of esters is 2. The van der Waals surface area contributed by atoms with Gasteiger partial charge in [0.25, 0.3) is 5.91 Å². The van der Waals surface area contributed by atoms with Crippen molar-refractivity contribution >= 4 is 102 Å². The van der Waals surface area contributed by atoms with Crippen LogP contribution in [-0.4, -0.2) is 87.6 Å². The maximum atomic E-state index is 12.3.